The van der Waals surface area contributed by atoms with E-state index in [1.54, 1.807) is 6.20 Å². The van der Waals surface area contributed by atoms with E-state index < -0.39 is 0 Å². The van der Waals surface area contributed by atoms with Gasteiger partial charge in [0.15, 0.2) is 0 Å². The van der Waals surface area contributed by atoms with Gasteiger partial charge in [0.1, 0.15) is 0 Å². The standard InChI is InChI=1S/C13H20N4O/c1-14-9-11-6-7-12(10-15-11)16-13(18)5-4-8-17(2)3/h4-7,10,14H,8-9H2,1-3H3,(H,16,18)/b5-4+. The third-order valence-electron chi connectivity index (χ3n) is 2.19. The lowest BCUT2D eigenvalue weighted by Gasteiger charge is -2.05. The molecule has 0 bridgehead atoms. The molecule has 0 atom stereocenters. The van der Waals surface area contributed by atoms with Crippen LogP contribution >= 0.6 is 0 Å². The molecule has 1 heterocycles. The Morgan fingerprint density at radius 3 is 2.78 bits per heavy atom. The minimum Gasteiger partial charge on any atom is -0.321 e. The average molecular weight is 248 g/mol. The van der Waals surface area contributed by atoms with E-state index in [4.69, 9.17) is 0 Å². The zero-order valence-electron chi connectivity index (χ0n) is 11.1. The van der Waals surface area contributed by atoms with Gasteiger partial charge >= 0.3 is 0 Å². The fraction of sp³-hybridized carbons (Fsp3) is 0.385. The summed E-state index contributed by atoms with van der Waals surface area (Å²) in [7, 11) is 5.77. The molecular formula is C13H20N4O. The smallest absolute Gasteiger partial charge is 0.248 e. The molecule has 5 nitrogen and oxygen atoms in total. The third kappa shape index (κ3) is 5.56. The fourth-order valence-corrected chi connectivity index (χ4v) is 1.34. The number of likely N-dealkylation sites (N-methyl/N-ethyl adjacent to an activating group) is 1. The lowest BCUT2D eigenvalue weighted by Crippen LogP contribution is -2.13. The van der Waals surface area contributed by atoms with Crippen LogP contribution in [0.4, 0.5) is 5.69 Å². The quantitative estimate of drug-likeness (QED) is 0.733. The molecule has 5 heteroatoms. The number of hydrogen-bond acceptors (Lipinski definition) is 4. The maximum Gasteiger partial charge on any atom is 0.248 e. The number of nitrogens with one attached hydrogen (secondary N) is 2. The van der Waals surface area contributed by atoms with E-state index in [0.717, 1.165) is 18.8 Å². The molecular weight excluding hydrogens is 228 g/mol. The molecule has 98 valence electrons. The van der Waals surface area contributed by atoms with Crippen LogP contribution in [0.2, 0.25) is 0 Å². The number of nitrogens with zero attached hydrogens (tertiary/aromatic N) is 2. The Labute approximate surface area is 108 Å². The van der Waals surface area contributed by atoms with E-state index in [1.165, 1.54) is 6.08 Å². The molecule has 0 aliphatic heterocycles. The predicted molar refractivity (Wildman–Crippen MR) is 73.3 cm³/mol. The van der Waals surface area contributed by atoms with Gasteiger partial charge < -0.3 is 15.5 Å². The van der Waals surface area contributed by atoms with E-state index in [1.807, 2.05) is 44.3 Å². The highest BCUT2D eigenvalue weighted by Crippen LogP contribution is 2.05. The second-order valence-electron chi connectivity index (χ2n) is 4.22. The Balaban J connectivity index is 2.46. The molecule has 1 aromatic rings. The molecule has 1 aromatic heterocycles. The molecule has 0 aromatic carbocycles. The van der Waals surface area contributed by atoms with Gasteiger partial charge in [-0.1, -0.05) is 6.08 Å². The summed E-state index contributed by atoms with van der Waals surface area (Å²) in [6.07, 6.45) is 5.00. The number of carbonyl (C=O) groups excluding carboxylic acids is 1. The van der Waals surface area contributed by atoms with Crippen molar-refractivity contribution in [1.82, 2.24) is 15.2 Å². The number of anilines is 1. The first-order valence-electron chi connectivity index (χ1n) is 5.83. The van der Waals surface area contributed by atoms with Gasteiger partial charge in [-0.05, 0) is 33.3 Å². The lowest BCUT2D eigenvalue weighted by molar-refractivity contribution is -0.111. The van der Waals surface area contributed by atoms with Gasteiger partial charge in [0, 0.05) is 19.2 Å². The van der Waals surface area contributed by atoms with Crippen LogP contribution in [0.15, 0.2) is 30.5 Å². The summed E-state index contributed by atoms with van der Waals surface area (Å²) in [5.74, 6) is -0.139. The van der Waals surface area contributed by atoms with Crippen molar-refractivity contribution in [2.75, 3.05) is 33.0 Å². The highest BCUT2D eigenvalue weighted by molar-refractivity contribution is 5.99. The van der Waals surface area contributed by atoms with Crippen LogP contribution in [0, 0.1) is 0 Å². The zero-order chi connectivity index (χ0) is 13.4. The van der Waals surface area contributed by atoms with E-state index in [0.29, 0.717) is 5.69 Å². The first kappa shape index (κ1) is 14.3. The molecule has 2 N–H and O–H groups in total. The van der Waals surface area contributed by atoms with E-state index >= 15 is 0 Å². The van der Waals surface area contributed by atoms with Crippen molar-refractivity contribution in [3.63, 3.8) is 0 Å². The number of pyridine rings is 1. The van der Waals surface area contributed by atoms with Crippen molar-refractivity contribution in [2.24, 2.45) is 0 Å². The normalized spacial score (nSPS) is 11.1. The van der Waals surface area contributed by atoms with Crippen LogP contribution in [0.25, 0.3) is 0 Å². The second kappa shape index (κ2) is 7.58. The number of aromatic nitrogens is 1. The van der Waals surface area contributed by atoms with E-state index in [2.05, 4.69) is 15.6 Å². The van der Waals surface area contributed by atoms with Crippen molar-refractivity contribution in [1.29, 1.82) is 0 Å². The average Bonchev–Trinajstić information content (AvgIpc) is 2.31. The topological polar surface area (TPSA) is 57.3 Å². The summed E-state index contributed by atoms with van der Waals surface area (Å²) < 4.78 is 0. The number of carbonyl (C=O) groups is 1. The molecule has 0 saturated carbocycles. The molecule has 18 heavy (non-hydrogen) atoms. The van der Waals surface area contributed by atoms with Crippen LogP contribution in [-0.2, 0) is 11.3 Å². The molecule has 0 fully saturated rings. The van der Waals surface area contributed by atoms with Gasteiger partial charge in [-0.15, -0.1) is 0 Å². The molecule has 0 unspecified atom stereocenters. The third-order valence-corrected chi connectivity index (χ3v) is 2.19. The van der Waals surface area contributed by atoms with Gasteiger partial charge in [-0.25, -0.2) is 0 Å². The first-order chi connectivity index (χ1) is 8.61. The summed E-state index contributed by atoms with van der Waals surface area (Å²) >= 11 is 0. The van der Waals surface area contributed by atoms with Crippen molar-refractivity contribution < 1.29 is 4.79 Å². The number of hydrogen-bond donors (Lipinski definition) is 2. The highest BCUT2D eigenvalue weighted by Gasteiger charge is 1.98. The van der Waals surface area contributed by atoms with Gasteiger partial charge in [-0.2, -0.15) is 0 Å². The van der Waals surface area contributed by atoms with Crippen molar-refractivity contribution >= 4 is 11.6 Å². The van der Waals surface area contributed by atoms with E-state index in [9.17, 15) is 4.79 Å². The Kier molecular flexibility index (Phi) is 6.04. The minimum absolute atomic E-state index is 0.139. The van der Waals surface area contributed by atoms with Gasteiger partial charge in [0.2, 0.25) is 5.91 Å². The summed E-state index contributed by atoms with van der Waals surface area (Å²) in [6.45, 7) is 1.46. The predicted octanol–water partition coefficient (Wildman–Crippen LogP) is 0.857. The zero-order valence-corrected chi connectivity index (χ0v) is 11.1. The number of rotatable bonds is 6. The number of amides is 1. The molecule has 1 amide bonds. The Bertz CT molecular complexity index is 398. The van der Waals surface area contributed by atoms with Gasteiger partial charge in [0.25, 0.3) is 0 Å². The SMILES string of the molecule is CNCc1ccc(NC(=O)/C=C/CN(C)C)cn1. The summed E-state index contributed by atoms with van der Waals surface area (Å²) in [5, 5.41) is 5.77. The van der Waals surface area contributed by atoms with Crippen LogP contribution < -0.4 is 10.6 Å². The van der Waals surface area contributed by atoms with Gasteiger partial charge in [-0.3, -0.25) is 9.78 Å². The van der Waals surface area contributed by atoms with Crippen LogP contribution in [0.1, 0.15) is 5.69 Å². The molecule has 0 aliphatic rings. The largest absolute Gasteiger partial charge is 0.321 e. The lowest BCUT2D eigenvalue weighted by atomic mass is 10.3. The van der Waals surface area contributed by atoms with Gasteiger partial charge in [0.05, 0.1) is 17.6 Å². The molecule has 0 radical (unpaired) electrons. The molecule has 0 spiro atoms. The molecule has 0 aliphatic carbocycles. The summed E-state index contributed by atoms with van der Waals surface area (Å²) in [6, 6.07) is 3.73. The maximum atomic E-state index is 11.5. The first-order valence-corrected chi connectivity index (χ1v) is 5.83. The summed E-state index contributed by atoms with van der Waals surface area (Å²) in [4.78, 5) is 17.8. The Hall–Kier alpha value is -1.72. The maximum absolute atomic E-state index is 11.5. The van der Waals surface area contributed by atoms with E-state index in [-0.39, 0.29) is 5.91 Å². The second-order valence-corrected chi connectivity index (χ2v) is 4.22. The fourth-order valence-electron chi connectivity index (χ4n) is 1.34. The van der Waals surface area contributed by atoms with Crippen molar-refractivity contribution in [3.05, 3.63) is 36.2 Å². The Morgan fingerprint density at radius 1 is 1.44 bits per heavy atom. The van der Waals surface area contributed by atoms with Crippen molar-refractivity contribution in [3.8, 4) is 0 Å². The summed E-state index contributed by atoms with van der Waals surface area (Å²) in [5.41, 5.74) is 1.65. The van der Waals surface area contributed by atoms with Crippen LogP contribution in [0.5, 0.6) is 0 Å². The minimum atomic E-state index is -0.139. The van der Waals surface area contributed by atoms with Crippen molar-refractivity contribution in [2.45, 2.75) is 6.54 Å². The molecule has 1 rings (SSSR count). The Morgan fingerprint density at radius 2 is 2.22 bits per heavy atom. The monoisotopic (exact) mass is 248 g/mol. The van der Waals surface area contributed by atoms with Crippen LogP contribution in [-0.4, -0.2) is 43.5 Å². The molecule has 0 saturated heterocycles. The van der Waals surface area contributed by atoms with Crippen LogP contribution in [0.3, 0.4) is 0 Å². The highest BCUT2D eigenvalue weighted by atomic mass is 16.1.